The van der Waals surface area contributed by atoms with Crippen LogP contribution in [0.5, 0.6) is 0 Å². The molecule has 0 fully saturated rings. The molecule has 1 rings (SSSR count). The molecular formula is C6H2Br3Na2O3P. The largest absolute Gasteiger partial charge is 1.00 e. The minimum atomic E-state index is -4.67. The van der Waals surface area contributed by atoms with Gasteiger partial charge in [-0.25, -0.2) is 0 Å². The van der Waals surface area contributed by atoms with Crippen LogP contribution in [0.3, 0.4) is 0 Å². The molecule has 0 saturated carbocycles. The van der Waals surface area contributed by atoms with Gasteiger partial charge in [-0.3, -0.25) is 0 Å². The van der Waals surface area contributed by atoms with Crippen LogP contribution in [0.25, 0.3) is 0 Å². The number of hydrogen-bond acceptors (Lipinski definition) is 3. The van der Waals surface area contributed by atoms with E-state index in [1.165, 1.54) is 12.1 Å². The first kappa shape index (κ1) is 20.3. The molecule has 0 spiro atoms. The molecule has 0 unspecified atom stereocenters. The molecule has 3 nitrogen and oxygen atoms in total. The van der Waals surface area contributed by atoms with Gasteiger partial charge in [-0.15, -0.1) is 7.94 Å². The van der Waals surface area contributed by atoms with Gasteiger partial charge in [0.15, 0.2) is 0 Å². The third-order valence-electron chi connectivity index (χ3n) is 1.28. The van der Waals surface area contributed by atoms with Crippen LogP contribution in [-0.4, -0.2) is 0 Å². The smallest absolute Gasteiger partial charge is 0.683 e. The van der Waals surface area contributed by atoms with Crippen molar-refractivity contribution in [3.8, 4) is 0 Å². The van der Waals surface area contributed by atoms with Gasteiger partial charge in [0.1, 0.15) is 0 Å². The Morgan fingerprint density at radius 3 is 1.47 bits per heavy atom. The minimum absolute atomic E-state index is 0. The summed E-state index contributed by atoms with van der Waals surface area (Å²) in [6.45, 7) is 0. The Labute approximate surface area is 158 Å². The predicted octanol–water partition coefficient (Wildman–Crippen LogP) is -5.55. The molecule has 9 heteroatoms. The maximum Gasteiger partial charge on any atom is 1.00 e. The van der Waals surface area contributed by atoms with E-state index in [0.717, 1.165) is 0 Å². The van der Waals surface area contributed by atoms with Crippen molar-refractivity contribution >= 4 is 61.0 Å². The summed E-state index contributed by atoms with van der Waals surface area (Å²) in [6.07, 6.45) is 0. The molecule has 0 bridgehead atoms. The van der Waals surface area contributed by atoms with Crippen LogP contribution in [0.2, 0.25) is 0 Å². The summed E-state index contributed by atoms with van der Waals surface area (Å²) in [5, 5.41) is -0.241. The molecule has 0 aliphatic rings. The van der Waals surface area contributed by atoms with E-state index in [1.54, 1.807) is 0 Å². The van der Waals surface area contributed by atoms with Crippen molar-refractivity contribution in [1.82, 2.24) is 0 Å². The molecule has 0 aliphatic heterocycles. The molecule has 15 heavy (non-hydrogen) atoms. The second-order valence-corrected chi connectivity index (χ2v) is 6.23. The summed E-state index contributed by atoms with van der Waals surface area (Å²) < 4.78 is 1.71. The molecule has 1 aromatic carbocycles. The van der Waals surface area contributed by atoms with Crippen LogP contribution < -0.4 is 79.1 Å². The second kappa shape index (κ2) is 8.20. The number of halogens is 3. The van der Waals surface area contributed by atoms with Gasteiger partial charge in [-0.1, -0.05) is 0 Å². The SMILES string of the molecule is [Na+].[Na+].[O-][P+]([O-])([O-])c1cc(Br)c(Br)c(Br)c1. The van der Waals surface area contributed by atoms with Crippen molar-refractivity contribution < 1.29 is 73.8 Å². The van der Waals surface area contributed by atoms with Gasteiger partial charge in [0.2, 0.25) is 0 Å². The normalized spacial score (nSPS) is 10.3. The monoisotopic (exact) mass is 436 g/mol. The Kier molecular flexibility index (Phi) is 11.1. The number of rotatable bonds is 1. The zero-order chi connectivity index (χ0) is 10.2. The summed E-state index contributed by atoms with van der Waals surface area (Å²) in [4.78, 5) is 32.0. The van der Waals surface area contributed by atoms with Crippen molar-refractivity contribution in [2.24, 2.45) is 0 Å². The number of benzene rings is 1. The quantitative estimate of drug-likeness (QED) is 0.250. The molecule has 0 heterocycles. The first-order chi connectivity index (χ1) is 5.82. The fraction of sp³-hybridized carbons (Fsp3) is 0. The first-order valence-corrected chi connectivity index (χ1v) is 6.91. The molecule has 0 aliphatic carbocycles. The standard InChI is InChI=1S/C6H4Br3O3P.2Na/c7-4-1-3(13(10,11)12)2-5(8)6(4)9;;/h1-2H,(H2,10,11,12);;/q;2*+1/p-2. The van der Waals surface area contributed by atoms with E-state index in [2.05, 4.69) is 47.8 Å². The topological polar surface area (TPSA) is 69.2 Å². The molecule has 0 atom stereocenters. The molecule has 0 N–H and O–H groups in total. The second-order valence-electron chi connectivity index (χ2n) is 2.22. The van der Waals surface area contributed by atoms with Crippen LogP contribution in [-0.2, 0) is 0 Å². The van der Waals surface area contributed by atoms with Gasteiger partial charge in [-0.05, 0) is 59.9 Å². The van der Waals surface area contributed by atoms with Gasteiger partial charge in [0.25, 0.3) is 0 Å². The van der Waals surface area contributed by atoms with Crippen LogP contribution in [0.4, 0.5) is 0 Å². The van der Waals surface area contributed by atoms with E-state index in [1.807, 2.05) is 0 Å². The minimum Gasteiger partial charge on any atom is -0.683 e. The molecule has 1 aromatic rings. The molecular weight excluding hydrogens is 437 g/mol. The van der Waals surface area contributed by atoms with Gasteiger partial charge in [0.05, 0.1) is 5.30 Å². The van der Waals surface area contributed by atoms with Crippen LogP contribution in [0.15, 0.2) is 25.6 Å². The maximum absolute atomic E-state index is 10.7. The third-order valence-corrected chi connectivity index (χ3v) is 5.34. The Balaban J connectivity index is 0. The molecule has 72 valence electrons. The van der Waals surface area contributed by atoms with E-state index >= 15 is 0 Å². The van der Waals surface area contributed by atoms with Crippen molar-refractivity contribution in [2.45, 2.75) is 0 Å². The number of hydrogen-bond donors (Lipinski definition) is 0. The zero-order valence-corrected chi connectivity index (χ0v) is 17.6. The summed E-state index contributed by atoms with van der Waals surface area (Å²) in [6, 6.07) is 2.52. The maximum atomic E-state index is 10.7. The van der Waals surface area contributed by atoms with Crippen LogP contribution in [0, 0.1) is 0 Å². The first-order valence-electron chi connectivity index (χ1n) is 2.99. The fourth-order valence-electron chi connectivity index (χ4n) is 0.700. The van der Waals surface area contributed by atoms with Gasteiger partial charge < -0.3 is 14.7 Å². The summed E-state index contributed by atoms with van der Waals surface area (Å²) in [5.41, 5.74) is 0. The molecule has 0 aromatic heterocycles. The third kappa shape index (κ3) is 6.10. The van der Waals surface area contributed by atoms with Gasteiger partial charge >= 0.3 is 59.1 Å². The zero-order valence-electron chi connectivity index (χ0n) is 7.96. The van der Waals surface area contributed by atoms with Crippen molar-refractivity contribution in [1.29, 1.82) is 0 Å². The van der Waals surface area contributed by atoms with Crippen molar-refractivity contribution in [2.75, 3.05) is 0 Å². The summed E-state index contributed by atoms with van der Waals surface area (Å²) in [7, 11) is -4.67. The Hall–Kier alpha value is 2.97. The average molecular weight is 439 g/mol. The van der Waals surface area contributed by atoms with E-state index in [-0.39, 0.29) is 64.4 Å². The van der Waals surface area contributed by atoms with Crippen LogP contribution >= 0.6 is 55.7 Å². The van der Waals surface area contributed by atoms with Crippen LogP contribution in [0.1, 0.15) is 0 Å². The fourth-order valence-corrected chi connectivity index (χ4v) is 3.04. The van der Waals surface area contributed by atoms with Gasteiger partial charge in [0, 0.05) is 13.4 Å². The molecule has 0 amide bonds. The molecule has 0 saturated heterocycles. The predicted molar refractivity (Wildman–Crippen MR) is 56.1 cm³/mol. The van der Waals surface area contributed by atoms with Crippen molar-refractivity contribution in [3.05, 3.63) is 25.6 Å². The Bertz CT molecular complexity index is 322. The van der Waals surface area contributed by atoms with E-state index in [0.29, 0.717) is 13.4 Å². The molecule has 0 radical (unpaired) electrons. The Morgan fingerprint density at radius 1 is 0.867 bits per heavy atom. The van der Waals surface area contributed by atoms with Crippen molar-refractivity contribution in [3.63, 3.8) is 0 Å². The van der Waals surface area contributed by atoms with E-state index in [9.17, 15) is 14.7 Å². The summed E-state index contributed by atoms with van der Waals surface area (Å²) in [5.74, 6) is 0. The Morgan fingerprint density at radius 2 is 1.20 bits per heavy atom. The van der Waals surface area contributed by atoms with Gasteiger partial charge in [-0.2, -0.15) is 0 Å². The average Bonchev–Trinajstić information content (AvgIpc) is 1.97. The van der Waals surface area contributed by atoms with E-state index < -0.39 is 7.94 Å². The van der Waals surface area contributed by atoms with E-state index in [4.69, 9.17) is 0 Å². The summed E-state index contributed by atoms with van der Waals surface area (Å²) >= 11 is 9.42.